The van der Waals surface area contributed by atoms with E-state index < -0.39 is 10.0 Å². The third-order valence-corrected chi connectivity index (χ3v) is 6.82. The number of thioether (sulfide) groups is 1. The maximum atomic E-state index is 13.1. The minimum absolute atomic E-state index is 0.0122. The second-order valence-corrected chi connectivity index (χ2v) is 8.97. The highest BCUT2D eigenvalue weighted by Gasteiger charge is 2.24. The quantitative estimate of drug-likeness (QED) is 0.646. The number of anilines is 1. The number of ether oxygens (including phenoxy) is 3. The van der Waals surface area contributed by atoms with Crippen LogP contribution >= 0.6 is 11.8 Å². The fourth-order valence-corrected chi connectivity index (χ4v) is 4.71. The molecule has 2 aromatic carbocycles. The molecule has 162 valence electrons. The van der Waals surface area contributed by atoms with E-state index >= 15 is 0 Å². The third kappa shape index (κ3) is 4.82. The highest BCUT2D eigenvalue weighted by Crippen LogP contribution is 2.32. The van der Waals surface area contributed by atoms with E-state index in [0.29, 0.717) is 48.3 Å². The first-order chi connectivity index (χ1) is 14.4. The third-order valence-electron chi connectivity index (χ3n) is 4.66. The number of hydrogen-bond donors (Lipinski definition) is 1. The average Bonchev–Trinajstić information content (AvgIpc) is 2.78. The second-order valence-electron chi connectivity index (χ2n) is 6.44. The monoisotopic (exact) mass is 452 g/mol. The van der Waals surface area contributed by atoms with Crippen molar-refractivity contribution in [1.29, 1.82) is 0 Å². The number of carbonyl (C=O) groups excluding carboxylic acids is 1. The molecule has 1 N–H and O–H groups in total. The standard InChI is InChI=1S/C20H24N2O6S2/c1-26-14-4-6-18(27-2)17(12-14)21-30(24,25)15-5-7-19(29-3)16(13-15)20(23)22-8-10-28-11-9-22/h4-7,12-13,21H,8-11H2,1-3H3. The summed E-state index contributed by atoms with van der Waals surface area (Å²) in [4.78, 5) is 15.4. The maximum Gasteiger partial charge on any atom is 0.262 e. The second kappa shape index (κ2) is 9.59. The Morgan fingerprint density at radius 1 is 1.10 bits per heavy atom. The Hall–Kier alpha value is -2.43. The highest BCUT2D eigenvalue weighted by molar-refractivity contribution is 7.98. The molecule has 1 heterocycles. The number of nitrogens with one attached hydrogen (secondary N) is 1. The van der Waals surface area contributed by atoms with Gasteiger partial charge < -0.3 is 19.1 Å². The zero-order valence-corrected chi connectivity index (χ0v) is 18.6. The van der Waals surface area contributed by atoms with Gasteiger partial charge in [0.2, 0.25) is 0 Å². The van der Waals surface area contributed by atoms with Gasteiger partial charge in [-0.05, 0) is 36.6 Å². The smallest absolute Gasteiger partial charge is 0.262 e. The SMILES string of the molecule is COc1ccc(OC)c(NS(=O)(=O)c2ccc(SC)c(C(=O)N3CCOCC3)c2)c1. The lowest BCUT2D eigenvalue weighted by atomic mass is 10.2. The summed E-state index contributed by atoms with van der Waals surface area (Å²) in [5.41, 5.74) is 0.594. The molecule has 1 amide bonds. The number of morpholine rings is 1. The topological polar surface area (TPSA) is 94.2 Å². The van der Waals surface area contributed by atoms with Crippen molar-refractivity contribution in [3.8, 4) is 11.5 Å². The first-order valence-corrected chi connectivity index (χ1v) is 11.9. The number of nitrogens with zero attached hydrogens (tertiary/aromatic N) is 1. The summed E-state index contributed by atoms with van der Waals surface area (Å²) >= 11 is 1.39. The van der Waals surface area contributed by atoms with Crippen LogP contribution in [0.3, 0.4) is 0 Å². The Labute approximate surface area is 180 Å². The molecule has 0 atom stereocenters. The zero-order valence-electron chi connectivity index (χ0n) is 17.0. The van der Waals surface area contributed by atoms with Gasteiger partial charge in [-0.25, -0.2) is 8.42 Å². The van der Waals surface area contributed by atoms with Gasteiger partial charge in [0.15, 0.2) is 0 Å². The molecule has 0 aromatic heterocycles. The lowest BCUT2D eigenvalue weighted by molar-refractivity contribution is 0.0300. The van der Waals surface area contributed by atoms with Gasteiger partial charge in [-0.15, -0.1) is 11.8 Å². The maximum absolute atomic E-state index is 13.1. The molecule has 0 saturated carbocycles. The lowest BCUT2D eigenvalue weighted by Gasteiger charge is -2.27. The Morgan fingerprint density at radius 2 is 1.83 bits per heavy atom. The van der Waals surface area contributed by atoms with Crippen molar-refractivity contribution in [3.05, 3.63) is 42.0 Å². The van der Waals surface area contributed by atoms with Crippen LogP contribution in [0.25, 0.3) is 0 Å². The van der Waals surface area contributed by atoms with Crippen LogP contribution in [-0.4, -0.2) is 66.0 Å². The van der Waals surface area contributed by atoms with Gasteiger partial charge >= 0.3 is 0 Å². The van der Waals surface area contributed by atoms with Gasteiger partial charge in [0.05, 0.1) is 43.6 Å². The fraction of sp³-hybridized carbons (Fsp3) is 0.350. The molecule has 1 saturated heterocycles. The van der Waals surface area contributed by atoms with Crippen LogP contribution in [0.1, 0.15) is 10.4 Å². The molecule has 2 aromatic rings. The first-order valence-electron chi connectivity index (χ1n) is 9.19. The van der Waals surface area contributed by atoms with E-state index in [1.165, 1.54) is 44.2 Å². The summed E-state index contributed by atoms with van der Waals surface area (Å²) < 4.78 is 44.4. The Kier molecular flexibility index (Phi) is 7.11. The number of rotatable bonds is 7. The molecule has 0 spiro atoms. The fourth-order valence-electron chi connectivity index (χ4n) is 3.06. The lowest BCUT2D eigenvalue weighted by Crippen LogP contribution is -2.41. The van der Waals surface area contributed by atoms with Gasteiger partial charge in [0, 0.05) is 24.1 Å². The number of benzene rings is 2. The largest absolute Gasteiger partial charge is 0.497 e. The molecular weight excluding hydrogens is 428 g/mol. The molecule has 30 heavy (non-hydrogen) atoms. The Morgan fingerprint density at radius 3 is 2.47 bits per heavy atom. The van der Waals surface area contributed by atoms with Crippen molar-refractivity contribution in [2.24, 2.45) is 0 Å². The number of carbonyl (C=O) groups is 1. The van der Waals surface area contributed by atoms with E-state index in [-0.39, 0.29) is 16.5 Å². The van der Waals surface area contributed by atoms with E-state index in [1.54, 1.807) is 23.1 Å². The molecular formula is C20H24N2O6S2. The molecule has 0 bridgehead atoms. The average molecular weight is 453 g/mol. The van der Waals surface area contributed by atoms with Crippen LogP contribution in [0.4, 0.5) is 5.69 Å². The van der Waals surface area contributed by atoms with Crippen LogP contribution in [-0.2, 0) is 14.8 Å². The molecule has 8 nitrogen and oxygen atoms in total. The molecule has 1 aliphatic heterocycles. The Bertz CT molecular complexity index is 1020. The van der Waals surface area contributed by atoms with E-state index in [1.807, 2.05) is 6.26 Å². The van der Waals surface area contributed by atoms with E-state index in [0.717, 1.165) is 0 Å². The van der Waals surface area contributed by atoms with Gasteiger partial charge in [-0.2, -0.15) is 0 Å². The molecule has 0 unspecified atom stereocenters. The predicted octanol–water partition coefficient (Wildman–Crippen LogP) is 2.70. The molecule has 0 radical (unpaired) electrons. The summed E-state index contributed by atoms with van der Waals surface area (Å²) in [7, 11) is -1.03. The molecule has 1 aliphatic rings. The van der Waals surface area contributed by atoms with E-state index in [2.05, 4.69) is 4.72 Å². The number of sulfonamides is 1. The number of amides is 1. The van der Waals surface area contributed by atoms with Crippen LogP contribution < -0.4 is 14.2 Å². The molecule has 10 heteroatoms. The van der Waals surface area contributed by atoms with Crippen molar-refractivity contribution >= 4 is 33.4 Å². The van der Waals surface area contributed by atoms with Crippen LogP contribution in [0.2, 0.25) is 0 Å². The normalized spacial score (nSPS) is 14.3. The van der Waals surface area contributed by atoms with Gasteiger partial charge in [0.25, 0.3) is 15.9 Å². The number of hydrogen-bond acceptors (Lipinski definition) is 7. The summed E-state index contributed by atoms with van der Waals surface area (Å²) in [5.74, 6) is 0.623. The molecule has 3 rings (SSSR count). The van der Waals surface area contributed by atoms with Crippen molar-refractivity contribution < 1.29 is 27.4 Å². The van der Waals surface area contributed by atoms with Crippen LogP contribution in [0, 0.1) is 0 Å². The number of methoxy groups -OCH3 is 2. The predicted molar refractivity (Wildman–Crippen MR) is 115 cm³/mol. The van der Waals surface area contributed by atoms with Crippen molar-refractivity contribution in [2.45, 2.75) is 9.79 Å². The van der Waals surface area contributed by atoms with Gasteiger partial charge in [0.1, 0.15) is 11.5 Å². The molecule has 1 fully saturated rings. The van der Waals surface area contributed by atoms with Gasteiger partial charge in [-0.3, -0.25) is 9.52 Å². The van der Waals surface area contributed by atoms with Crippen LogP contribution in [0.5, 0.6) is 11.5 Å². The minimum Gasteiger partial charge on any atom is -0.497 e. The van der Waals surface area contributed by atoms with Crippen molar-refractivity contribution in [2.75, 3.05) is 51.5 Å². The summed E-state index contributed by atoms with van der Waals surface area (Å²) in [6.07, 6.45) is 1.85. The summed E-state index contributed by atoms with van der Waals surface area (Å²) in [6, 6.07) is 9.36. The van der Waals surface area contributed by atoms with E-state index in [4.69, 9.17) is 14.2 Å². The molecule has 0 aliphatic carbocycles. The summed E-state index contributed by atoms with van der Waals surface area (Å²) in [5, 5.41) is 0. The van der Waals surface area contributed by atoms with E-state index in [9.17, 15) is 13.2 Å². The highest BCUT2D eigenvalue weighted by atomic mass is 32.2. The summed E-state index contributed by atoms with van der Waals surface area (Å²) in [6.45, 7) is 1.89. The van der Waals surface area contributed by atoms with Crippen LogP contribution in [0.15, 0.2) is 46.2 Å². The Balaban J connectivity index is 1.95. The zero-order chi connectivity index (χ0) is 21.7. The van der Waals surface area contributed by atoms with Crippen molar-refractivity contribution in [3.63, 3.8) is 0 Å². The van der Waals surface area contributed by atoms with Gasteiger partial charge in [-0.1, -0.05) is 0 Å². The van der Waals surface area contributed by atoms with Crippen molar-refractivity contribution in [1.82, 2.24) is 4.90 Å². The minimum atomic E-state index is -3.97. The first kappa shape index (κ1) is 22.3.